The highest BCUT2D eigenvalue weighted by Crippen LogP contribution is 2.44. The van der Waals surface area contributed by atoms with Crippen LogP contribution in [-0.4, -0.2) is 60.1 Å². The molecule has 0 saturated heterocycles. The van der Waals surface area contributed by atoms with E-state index in [4.69, 9.17) is 0 Å². The van der Waals surface area contributed by atoms with Gasteiger partial charge in [0.2, 0.25) is 5.78 Å². The Morgan fingerprint density at radius 1 is 1.06 bits per heavy atom. The maximum atomic E-state index is 13.1. The van der Waals surface area contributed by atoms with Gasteiger partial charge in [-0.1, -0.05) is 0 Å². The Balaban J connectivity index is 2.18. The normalized spacial score (nSPS) is 19.0. The lowest BCUT2D eigenvalue weighted by Crippen LogP contribution is -2.40. The molecule has 0 radical (unpaired) electrons. The van der Waals surface area contributed by atoms with Gasteiger partial charge in [0, 0.05) is 24.3 Å². The molecule has 36 heavy (non-hydrogen) atoms. The van der Waals surface area contributed by atoms with Gasteiger partial charge in [-0.3, -0.25) is 14.3 Å². The summed E-state index contributed by atoms with van der Waals surface area (Å²) in [4.78, 5) is 27.8. The molecule has 0 unspecified atom stereocenters. The first-order valence-electron chi connectivity index (χ1n) is 11.1. The van der Waals surface area contributed by atoms with E-state index in [0.717, 1.165) is 0 Å². The summed E-state index contributed by atoms with van der Waals surface area (Å²) in [6.45, 7) is 11.3. The van der Waals surface area contributed by atoms with Crippen LogP contribution in [0.5, 0.6) is 0 Å². The number of nitrogens with one attached hydrogen (secondary N) is 1. The van der Waals surface area contributed by atoms with Crippen molar-refractivity contribution in [3.05, 3.63) is 40.7 Å². The summed E-state index contributed by atoms with van der Waals surface area (Å²) in [5, 5.41) is 16.1. The van der Waals surface area contributed by atoms with Crippen molar-refractivity contribution in [3.8, 4) is 0 Å². The first-order chi connectivity index (χ1) is 16.5. The van der Waals surface area contributed by atoms with E-state index in [1.54, 1.807) is 25.7 Å². The average Bonchev–Trinajstić information content (AvgIpc) is 3.04. The highest BCUT2D eigenvalue weighted by molar-refractivity contribution is 7.93. The molecule has 1 aliphatic carbocycles. The first kappa shape index (κ1) is 27.2. The lowest BCUT2D eigenvalue weighted by atomic mass is 9.79. The van der Waals surface area contributed by atoms with Gasteiger partial charge in [0.25, 0.3) is 5.91 Å². The molecule has 0 atom stereocenters. The summed E-state index contributed by atoms with van der Waals surface area (Å²) < 4.78 is 64.6. The van der Waals surface area contributed by atoms with Crippen molar-refractivity contribution in [2.45, 2.75) is 52.6 Å². The minimum absolute atomic E-state index is 0.117. The highest BCUT2D eigenvalue weighted by Gasteiger charge is 2.48. The van der Waals surface area contributed by atoms with Crippen molar-refractivity contribution in [2.75, 3.05) is 22.7 Å². The number of alkyl halides is 3. The largest absolute Gasteiger partial charge is 0.516 e. The predicted molar refractivity (Wildman–Crippen MR) is 130 cm³/mol. The molecule has 1 aromatic rings. The Morgan fingerprint density at radius 3 is 2.08 bits per heavy atom. The van der Waals surface area contributed by atoms with E-state index in [0.29, 0.717) is 18.8 Å². The molecule has 2 aliphatic rings. The number of halogens is 3. The number of rotatable bonds is 6. The number of hydrogen-bond acceptors (Lipinski definition) is 7. The minimum atomic E-state index is -5.83. The van der Waals surface area contributed by atoms with Crippen LogP contribution in [-0.2, 0) is 19.6 Å². The van der Waals surface area contributed by atoms with Crippen molar-refractivity contribution in [3.63, 3.8) is 0 Å². The number of Topliss-reactive ketones (excluding diaryl/α,β-unsaturated/α-hetero) is 1. The number of aliphatic hydroxyl groups is 1. The molecule has 1 heterocycles. The second-order valence-electron chi connectivity index (χ2n) is 9.23. The second-order valence-corrected chi connectivity index (χ2v) is 10.9. The number of ketones is 1. The molecule has 196 valence electrons. The zero-order chi connectivity index (χ0) is 27.4. The van der Waals surface area contributed by atoms with Crippen LogP contribution in [0, 0.1) is 0 Å². The number of anilines is 2. The summed E-state index contributed by atoms with van der Waals surface area (Å²) in [5.74, 6) is -2.05. The molecule has 1 amide bonds. The summed E-state index contributed by atoms with van der Waals surface area (Å²) >= 11 is 0. The fraction of sp³-hybridized carbons (Fsp3) is 0.435. The number of allylic oxidation sites excluding steroid dienone is 2. The number of carbonyl (C=O) groups is 2. The zero-order valence-corrected chi connectivity index (χ0v) is 21.4. The minimum Gasteiger partial charge on any atom is -0.506 e. The van der Waals surface area contributed by atoms with E-state index in [9.17, 15) is 36.3 Å². The molecule has 0 bridgehead atoms. The molecule has 0 aromatic heterocycles. The Morgan fingerprint density at radius 2 is 1.64 bits per heavy atom. The van der Waals surface area contributed by atoms with Gasteiger partial charge in [-0.2, -0.15) is 26.7 Å². The third-order valence-corrected chi connectivity index (χ3v) is 6.88. The van der Waals surface area contributed by atoms with Crippen LogP contribution >= 0.6 is 0 Å². The summed E-state index contributed by atoms with van der Waals surface area (Å²) in [6, 6.07) is 3.92. The number of benzene rings is 1. The van der Waals surface area contributed by atoms with E-state index in [2.05, 4.69) is 5.10 Å². The molecular weight excluding hydrogens is 501 g/mol. The quantitative estimate of drug-likeness (QED) is 0.540. The molecule has 9 nitrogen and oxygen atoms in total. The molecule has 0 spiro atoms. The fourth-order valence-corrected chi connectivity index (χ4v) is 4.53. The molecule has 0 fully saturated rings. The number of amides is 1. The van der Waals surface area contributed by atoms with Crippen LogP contribution in [0.3, 0.4) is 0 Å². The Kier molecular flexibility index (Phi) is 6.77. The van der Waals surface area contributed by atoms with Crippen LogP contribution in [0.1, 0.15) is 47.1 Å². The summed E-state index contributed by atoms with van der Waals surface area (Å²) in [6.07, 6.45) is 0. The SMILES string of the molecule is CCN(CC)c1ccc(C2=C(O)/C(=C3\C(=O)N(C(C)(C)C)N=C3C)C2=O)c(NS(=O)(=O)C(F)(F)F)c1. The average molecular weight is 529 g/mol. The number of aliphatic hydroxyl groups excluding tert-OH is 1. The van der Waals surface area contributed by atoms with Crippen LogP contribution < -0.4 is 9.62 Å². The van der Waals surface area contributed by atoms with E-state index in [1.807, 2.05) is 13.8 Å². The van der Waals surface area contributed by atoms with Crippen LogP contribution in [0.15, 0.2) is 40.2 Å². The third-order valence-electron chi connectivity index (χ3n) is 5.78. The molecule has 2 N–H and O–H groups in total. The Bertz CT molecular complexity index is 1330. The van der Waals surface area contributed by atoms with E-state index in [-0.39, 0.29) is 22.4 Å². The van der Waals surface area contributed by atoms with Gasteiger partial charge in [-0.25, -0.2) is 5.01 Å². The zero-order valence-electron chi connectivity index (χ0n) is 20.6. The third kappa shape index (κ3) is 4.47. The van der Waals surface area contributed by atoms with Gasteiger partial charge in [-0.05, 0) is 59.7 Å². The van der Waals surface area contributed by atoms with Gasteiger partial charge < -0.3 is 10.0 Å². The maximum Gasteiger partial charge on any atom is 0.516 e. The van der Waals surface area contributed by atoms with Gasteiger partial charge in [0.15, 0.2) is 0 Å². The van der Waals surface area contributed by atoms with Crippen LogP contribution in [0.2, 0.25) is 0 Å². The van der Waals surface area contributed by atoms with Crippen molar-refractivity contribution in [2.24, 2.45) is 5.10 Å². The number of sulfonamides is 1. The number of nitrogens with zero attached hydrogens (tertiary/aromatic N) is 3. The van der Waals surface area contributed by atoms with Crippen LogP contribution in [0.25, 0.3) is 5.57 Å². The van der Waals surface area contributed by atoms with Crippen LogP contribution in [0.4, 0.5) is 24.5 Å². The second kappa shape index (κ2) is 8.95. The van der Waals surface area contributed by atoms with E-state index >= 15 is 0 Å². The molecule has 1 aliphatic heterocycles. The molecular formula is C23H27F3N4O5S. The van der Waals surface area contributed by atoms with E-state index < -0.39 is 49.8 Å². The predicted octanol–water partition coefficient (Wildman–Crippen LogP) is 3.96. The number of hydrazone groups is 1. The Labute approximate surface area is 207 Å². The first-order valence-corrected chi connectivity index (χ1v) is 12.6. The van der Waals surface area contributed by atoms with Gasteiger partial charge in [0.1, 0.15) is 5.76 Å². The lowest BCUT2D eigenvalue weighted by Gasteiger charge is -2.29. The van der Waals surface area contributed by atoms with Crippen molar-refractivity contribution in [1.29, 1.82) is 0 Å². The van der Waals surface area contributed by atoms with Gasteiger partial charge in [-0.15, -0.1) is 0 Å². The highest BCUT2D eigenvalue weighted by atomic mass is 32.2. The van der Waals surface area contributed by atoms with Crippen molar-refractivity contribution >= 4 is 44.4 Å². The Hall–Kier alpha value is -3.35. The molecule has 3 rings (SSSR count). The fourth-order valence-electron chi connectivity index (χ4n) is 3.96. The molecule has 1 aromatic carbocycles. The summed E-state index contributed by atoms with van der Waals surface area (Å²) in [5.41, 5.74) is -7.34. The van der Waals surface area contributed by atoms with Crippen molar-refractivity contribution in [1.82, 2.24) is 5.01 Å². The lowest BCUT2D eigenvalue weighted by molar-refractivity contribution is -0.130. The monoisotopic (exact) mass is 528 g/mol. The smallest absolute Gasteiger partial charge is 0.506 e. The number of carbonyl (C=O) groups excluding carboxylic acids is 2. The van der Waals surface area contributed by atoms with Gasteiger partial charge in [0.05, 0.1) is 33.7 Å². The summed E-state index contributed by atoms with van der Waals surface area (Å²) in [7, 11) is -5.83. The van der Waals surface area contributed by atoms with E-state index in [1.165, 1.54) is 34.9 Å². The molecule has 13 heteroatoms. The number of hydrogen-bond donors (Lipinski definition) is 2. The standard InChI is InChI=1S/C23H27F3N4O5S/c1-7-29(8-2)13-9-10-14(15(11-13)28-36(34,35)23(24,25)26)17-19(31)18(20(17)32)16-12(3)27-30(21(16)33)22(4,5)6/h9-11,28,31H,7-8H2,1-6H3/b18-16+. The molecule has 0 saturated carbocycles. The topological polar surface area (TPSA) is 119 Å². The van der Waals surface area contributed by atoms with Gasteiger partial charge >= 0.3 is 15.5 Å². The van der Waals surface area contributed by atoms with Crippen molar-refractivity contribution < 1.29 is 36.3 Å². The maximum absolute atomic E-state index is 13.1.